The lowest BCUT2D eigenvalue weighted by Crippen LogP contribution is -2.53. The SMILES string of the molecule is Cc1occc1C(=O)N[C@@H](CCC(C)C(C)C)C(=O)N[C@@H]1C(=O)CO[C@H]1C. The molecule has 1 aromatic heterocycles. The minimum absolute atomic E-state index is 0.00172. The highest BCUT2D eigenvalue weighted by Gasteiger charge is 2.35. The van der Waals surface area contributed by atoms with Crippen molar-refractivity contribution in [3.05, 3.63) is 23.7 Å². The van der Waals surface area contributed by atoms with E-state index < -0.39 is 12.1 Å². The zero-order chi connectivity index (χ0) is 20.1. The molecule has 0 aliphatic carbocycles. The zero-order valence-electron chi connectivity index (χ0n) is 16.7. The van der Waals surface area contributed by atoms with E-state index in [2.05, 4.69) is 31.4 Å². The third kappa shape index (κ3) is 5.42. The van der Waals surface area contributed by atoms with Crippen molar-refractivity contribution < 1.29 is 23.5 Å². The van der Waals surface area contributed by atoms with Crippen LogP contribution in [0.4, 0.5) is 0 Å². The molecule has 2 N–H and O–H groups in total. The Kier molecular flexibility index (Phi) is 7.18. The molecule has 2 heterocycles. The van der Waals surface area contributed by atoms with Crippen LogP contribution in [0.25, 0.3) is 0 Å². The molecule has 1 unspecified atom stereocenters. The number of amides is 2. The third-order valence-electron chi connectivity index (χ3n) is 5.38. The van der Waals surface area contributed by atoms with E-state index in [9.17, 15) is 14.4 Å². The van der Waals surface area contributed by atoms with E-state index in [1.54, 1.807) is 19.9 Å². The van der Waals surface area contributed by atoms with Crippen LogP contribution in [0.15, 0.2) is 16.7 Å². The average Bonchev–Trinajstić information content (AvgIpc) is 3.18. The highest BCUT2D eigenvalue weighted by molar-refractivity contribution is 5.99. The predicted octanol–water partition coefficient (Wildman–Crippen LogP) is 2.23. The summed E-state index contributed by atoms with van der Waals surface area (Å²) in [5, 5.41) is 5.54. The Bertz CT molecular complexity index is 682. The molecule has 2 amide bonds. The number of carbonyl (C=O) groups excluding carboxylic acids is 3. The van der Waals surface area contributed by atoms with E-state index in [0.29, 0.717) is 29.6 Å². The molecule has 1 saturated heterocycles. The fourth-order valence-corrected chi connectivity index (χ4v) is 3.00. The topological polar surface area (TPSA) is 97.6 Å². The molecule has 1 aromatic rings. The van der Waals surface area contributed by atoms with Gasteiger partial charge in [-0.25, -0.2) is 0 Å². The summed E-state index contributed by atoms with van der Waals surface area (Å²) in [5.41, 5.74) is 0.401. The van der Waals surface area contributed by atoms with E-state index >= 15 is 0 Å². The van der Waals surface area contributed by atoms with Crippen LogP contribution >= 0.6 is 0 Å². The molecule has 0 bridgehead atoms. The van der Waals surface area contributed by atoms with Crippen molar-refractivity contribution in [1.82, 2.24) is 10.6 Å². The van der Waals surface area contributed by atoms with Crippen molar-refractivity contribution in [2.24, 2.45) is 11.8 Å². The molecule has 2 rings (SSSR count). The molecule has 0 aromatic carbocycles. The van der Waals surface area contributed by atoms with Gasteiger partial charge in [0, 0.05) is 0 Å². The van der Waals surface area contributed by atoms with E-state index in [4.69, 9.17) is 9.15 Å². The summed E-state index contributed by atoms with van der Waals surface area (Å²) in [4.78, 5) is 37.3. The maximum atomic E-state index is 12.8. The minimum Gasteiger partial charge on any atom is -0.469 e. The first-order chi connectivity index (χ1) is 12.7. The Morgan fingerprint density at radius 1 is 1.26 bits per heavy atom. The van der Waals surface area contributed by atoms with Crippen molar-refractivity contribution in [1.29, 1.82) is 0 Å². The van der Waals surface area contributed by atoms with Gasteiger partial charge in [-0.15, -0.1) is 0 Å². The third-order valence-corrected chi connectivity index (χ3v) is 5.38. The number of furan rings is 1. The van der Waals surface area contributed by atoms with Gasteiger partial charge in [0.2, 0.25) is 5.91 Å². The van der Waals surface area contributed by atoms with Gasteiger partial charge in [-0.2, -0.15) is 0 Å². The first-order valence-corrected chi connectivity index (χ1v) is 9.50. The lowest BCUT2D eigenvalue weighted by Gasteiger charge is -2.24. The van der Waals surface area contributed by atoms with Crippen LogP contribution in [-0.4, -0.2) is 42.4 Å². The van der Waals surface area contributed by atoms with Crippen LogP contribution in [0.1, 0.15) is 56.7 Å². The smallest absolute Gasteiger partial charge is 0.255 e. The minimum atomic E-state index is -0.728. The quantitative estimate of drug-likeness (QED) is 0.723. The summed E-state index contributed by atoms with van der Waals surface area (Å²) in [6.07, 6.45) is 2.34. The number of nitrogens with one attached hydrogen (secondary N) is 2. The van der Waals surface area contributed by atoms with Gasteiger partial charge in [0.05, 0.1) is 17.9 Å². The zero-order valence-corrected chi connectivity index (χ0v) is 16.7. The van der Waals surface area contributed by atoms with Crippen molar-refractivity contribution >= 4 is 17.6 Å². The summed E-state index contributed by atoms with van der Waals surface area (Å²) >= 11 is 0. The fourth-order valence-electron chi connectivity index (χ4n) is 3.00. The average molecular weight is 378 g/mol. The lowest BCUT2D eigenvalue weighted by molar-refractivity contribution is -0.127. The monoisotopic (exact) mass is 378 g/mol. The summed E-state index contributed by atoms with van der Waals surface area (Å²) in [7, 11) is 0. The molecular weight excluding hydrogens is 348 g/mol. The van der Waals surface area contributed by atoms with E-state index in [0.717, 1.165) is 6.42 Å². The highest BCUT2D eigenvalue weighted by atomic mass is 16.5. The number of hydrogen-bond donors (Lipinski definition) is 2. The molecule has 1 fully saturated rings. The molecular formula is C20H30N2O5. The number of aryl methyl sites for hydroxylation is 1. The Hall–Kier alpha value is -2.15. The Labute approximate surface area is 160 Å². The number of ether oxygens (including phenoxy) is 1. The van der Waals surface area contributed by atoms with E-state index in [1.807, 2.05) is 0 Å². The van der Waals surface area contributed by atoms with Gasteiger partial charge in [0.25, 0.3) is 5.91 Å². The first kappa shape index (κ1) is 21.2. The molecule has 0 saturated carbocycles. The van der Waals surface area contributed by atoms with Gasteiger partial charge >= 0.3 is 0 Å². The fraction of sp³-hybridized carbons (Fsp3) is 0.650. The molecule has 4 atom stereocenters. The summed E-state index contributed by atoms with van der Waals surface area (Å²) in [6.45, 7) is 9.83. The van der Waals surface area contributed by atoms with Crippen molar-refractivity contribution in [2.45, 2.75) is 65.6 Å². The molecule has 1 aliphatic rings. The van der Waals surface area contributed by atoms with E-state index in [1.165, 1.54) is 6.26 Å². The van der Waals surface area contributed by atoms with Gasteiger partial charge in [-0.3, -0.25) is 14.4 Å². The second-order valence-corrected chi connectivity index (χ2v) is 7.68. The number of ketones is 1. The predicted molar refractivity (Wildman–Crippen MR) is 100 cm³/mol. The van der Waals surface area contributed by atoms with Crippen LogP contribution < -0.4 is 10.6 Å². The van der Waals surface area contributed by atoms with Gasteiger partial charge in [-0.05, 0) is 44.6 Å². The van der Waals surface area contributed by atoms with Gasteiger partial charge in [0.15, 0.2) is 5.78 Å². The van der Waals surface area contributed by atoms with Gasteiger partial charge < -0.3 is 19.8 Å². The number of Topliss-reactive ketones (excluding diaryl/α,β-unsaturated/α-hetero) is 1. The van der Waals surface area contributed by atoms with Crippen LogP contribution in [0.3, 0.4) is 0 Å². The maximum Gasteiger partial charge on any atom is 0.255 e. The van der Waals surface area contributed by atoms with Crippen LogP contribution in [0.2, 0.25) is 0 Å². The summed E-state index contributed by atoms with van der Waals surface area (Å²) in [5.74, 6) is 0.503. The Morgan fingerprint density at radius 3 is 2.48 bits per heavy atom. The molecule has 7 heteroatoms. The van der Waals surface area contributed by atoms with Crippen molar-refractivity contribution in [3.63, 3.8) is 0 Å². The molecule has 0 radical (unpaired) electrons. The Morgan fingerprint density at radius 2 is 1.96 bits per heavy atom. The standard InChI is InChI=1S/C20H30N2O5/c1-11(2)12(3)6-7-16(21-19(24)15-8-9-26-13(15)4)20(25)22-18-14(5)27-10-17(18)23/h8-9,11-12,14,16,18H,6-7,10H2,1-5H3,(H,21,24)(H,22,25)/t12?,14-,16-,18-/m0/s1. The van der Waals surface area contributed by atoms with Gasteiger partial charge in [-0.1, -0.05) is 20.8 Å². The highest BCUT2D eigenvalue weighted by Crippen LogP contribution is 2.18. The van der Waals surface area contributed by atoms with Gasteiger partial charge in [0.1, 0.15) is 24.5 Å². The maximum absolute atomic E-state index is 12.8. The van der Waals surface area contributed by atoms with E-state index in [-0.39, 0.29) is 30.3 Å². The van der Waals surface area contributed by atoms with Crippen LogP contribution in [0.5, 0.6) is 0 Å². The molecule has 7 nitrogen and oxygen atoms in total. The number of carbonyl (C=O) groups is 3. The van der Waals surface area contributed by atoms with Crippen LogP contribution in [0, 0.1) is 18.8 Å². The second kappa shape index (κ2) is 9.17. The normalized spacial score (nSPS) is 21.9. The largest absolute Gasteiger partial charge is 0.469 e. The first-order valence-electron chi connectivity index (χ1n) is 9.50. The molecule has 1 aliphatic heterocycles. The van der Waals surface area contributed by atoms with Crippen LogP contribution in [-0.2, 0) is 14.3 Å². The Balaban J connectivity index is 2.08. The number of rotatable bonds is 8. The lowest BCUT2D eigenvalue weighted by atomic mass is 9.91. The van der Waals surface area contributed by atoms with Crippen molar-refractivity contribution in [3.8, 4) is 0 Å². The molecule has 0 spiro atoms. The molecule has 27 heavy (non-hydrogen) atoms. The number of hydrogen-bond acceptors (Lipinski definition) is 5. The molecule has 150 valence electrons. The van der Waals surface area contributed by atoms with Crippen molar-refractivity contribution in [2.75, 3.05) is 6.61 Å². The second-order valence-electron chi connectivity index (χ2n) is 7.68. The summed E-state index contributed by atoms with van der Waals surface area (Å²) < 4.78 is 10.5. The summed E-state index contributed by atoms with van der Waals surface area (Å²) in [6, 6.07) is 0.177.